The topological polar surface area (TPSA) is 47.6 Å². The van der Waals surface area contributed by atoms with Gasteiger partial charge in [-0.1, -0.05) is 11.6 Å². The first-order valence-corrected chi connectivity index (χ1v) is 7.83. The molecule has 0 unspecified atom stereocenters. The Morgan fingerprint density at radius 1 is 1.25 bits per heavy atom. The predicted octanol–water partition coefficient (Wildman–Crippen LogP) is 4.19. The van der Waals surface area contributed by atoms with Gasteiger partial charge in [0.05, 0.1) is 20.1 Å². The predicted molar refractivity (Wildman–Crippen MR) is 82.4 cm³/mol. The van der Waals surface area contributed by atoms with E-state index in [1.807, 2.05) is 0 Å². The van der Waals surface area contributed by atoms with Crippen LogP contribution in [-0.2, 0) is 0 Å². The third-order valence-corrected chi connectivity index (χ3v) is 4.53. The Kier molecular flexibility index (Phi) is 3.87. The number of benzene rings is 1. The van der Waals surface area contributed by atoms with Crippen molar-refractivity contribution in [3.8, 4) is 11.5 Å². The highest BCUT2D eigenvalue weighted by Crippen LogP contribution is 2.38. The number of amides is 1. The number of carbonyl (C=O) groups excluding carboxylic acids is 1. The smallest absolute Gasteiger partial charge is 0.256 e. The van der Waals surface area contributed by atoms with Crippen molar-refractivity contribution in [1.82, 2.24) is 0 Å². The van der Waals surface area contributed by atoms with Crippen LogP contribution in [0.4, 0.5) is 5.69 Å². The molecule has 0 atom stereocenters. The number of rotatable bonds is 2. The van der Waals surface area contributed by atoms with Crippen LogP contribution in [0.2, 0.25) is 5.02 Å². The second-order valence-electron chi connectivity index (χ2n) is 4.07. The van der Waals surface area contributed by atoms with Crippen LogP contribution < -0.4 is 14.8 Å². The Hall–Kier alpha value is -1.24. The first kappa shape index (κ1) is 13.7. The summed E-state index contributed by atoms with van der Waals surface area (Å²) in [5.74, 6) is 0.963. The highest BCUT2D eigenvalue weighted by molar-refractivity contribution is 9.11. The van der Waals surface area contributed by atoms with Gasteiger partial charge in [-0.2, -0.15) is 0 Å². The van der Waals surface area contributed by atoms with E-state index in [2.05, 4.69) is 21.2 Å². The van der Waals surface area contributed by atoms with Gasteiger partial charge in [0.1, 0.15) is 13.2 Å². The SMILES string of the molecule is O=C(Nc1cc2c(cc1Cl)OCCO2)c1csc(Br)c1. The van der Waals surface area contributed by atoms with Crippen LogP contribution in [0.3, 0.4) is 0 Å². The van der Waals surface area contributed by atoms with E-state index in [4.69, 9.17) is 21.1 Å². The molecule has 1 aromatic heterocycles. The Balaban J connectivity index is 1.85. The van der Waals surface area contributed by atoms with Gasteiger partial charge in [-0.15, -0.1) is 11.3 Å². The maximum Gasteiger partial charge on any atom is 0.256 e. The molecule has 0 radical (unpaired) electrons. The number of halogens is 2. The van der Waals surface area contributed by atoms with Crippen molar-refractivity contribution in [2.45, 2.75) is 0 Å². The Morgan fingerprint density at radius 2 is 1.95 bits per heavy atom. The molecule has 20 heavy (non-hydrogen) atoms. The monoisotopic (exact) mass is 373 g/mol. The third-order valence-electron chi connectivity index (χ3n) is 2.71. The molecular formula is C13H9BrClNO3S. The van der Waals surface area contributed by atoms with Crippen molar-refractivity contribution >= 4 is 50.5 Å². The molecular weight excluding hydrogens is 366 g/mol. The van der Waals surface area contributed by atoms with Crippen molar-refractivity contribution < 1.29 is 14.3 Å². The number of thiophene rings is 1. The van der Waals surface area contributed by atoms with E-state index >= 15 is 0 Å². The zero-order valence-corrected chi connectivity index (χ0v) is 13.3. The second-order valence-corrected chi connectivity index (χ2v) is 6.77. The van der Waals surface area contributed by atoms with Crippen LogP contribution in [0.5, 0.6) is 11.5 Å². The fraction of sp³-hybridized carbons (Fsp3) is 0.154. The van der Waals surface area contributed by atoms with E-state index in [1.54, 1.807) is 23.6 Å². The summed E-state index contributed by atoms with van der Waals surface area (Å²) in [5.41, 5.74) is 1.08. The van der Waals surface area contributed by atoms with E-state index in [-0.39, 0.29) is 5.91 Å². The van der Waals surface area contributed by atoms with E-state index in [0.29, 0.717) is 41.0 Å². The molecule has 0 fully saturated rings. The number of hydrogen-bond acceptors (Lipinski definition) is 4. The van der Waals surface area contributed by atoms with Gasteiger partial charge in [-0.05, 0) is 22.0 Å². The van der Waals surface area contributed by atoms with Crippen LogP contribution in [0.25, 0.3) is 0 Å². The molecule has 1 amide bonds. The highest BCUT2D eigenvalue weighted by atomic mass is 79.9. The number of hydrogen-bond donors (Lipinski definition) is 1. The maximum atomic E-state index is 12.1. The van der Waals surface area contributed by atoms with Crippen molar-refractivity contribution in [2.24, 2.45) is 0 Å². The van der Waals surface area contributed by atoms with Crippen LogP contribution in [0.1, 0.15) is 10.4 Å². The van der Waals surface area contributed by atoms with Crippen molar-refractivity contribution in [3.05, 3.63) is 38.0 Å². The summed E-state index contributed by atoms with van der Waals surface area (Å²) in [7, 11) is 0. The minimum absolute atomic E-state index is 0.217. The average molecular weight is 375 g/mol. The molecule has 4 nitrogen and oxygen atoms in total. The zero-order chi connectivity index (χ0) is 14.1. The number of nitrogens with one attached hydrogen (secondary N) is 1. The third kappa shape index (κ3) is 2.77. The van der Waals surface area contributed by atoms with Crippen molar-refractivity contribution in [3.63, 3.8) is 0 Å². The molecule has 104 valence electrons. The van der Waals surface area contributed by atoms with Crippen LogP contribution in [0, 0.1) is 0 Å². The minimum atomic E-state index is -0.217. The lowest BCUT2D eigenvalue weighted by Crippen LogP contribution is -2.16. The van der Waals surface area contributed by atoms with Gasteiger partial charge < -0.3 is 14.8 Å². The zero-order valence-electron chi connectivity index (χ0n) is 10.1. The molecule has 2 aromatic rings. The lowest BCUT2D eigenvalue weighted by atomic mass is 10.2. The number of anilines is 1. The lowest BCUT2D eigenvalue weighted by Gasteiger charge is -2.19. The van der Waals surface area contributed by atoms with E-state index in [1.165, 1.54) is 11.3 Å². The fourth-order valence-electron chi connectivity index (χ4n) is 1.78. The van der Waals surface area contributed by atoms with E-state index in [9.17, 15) is 4.79 Å². The molecule has 0 bridgehead atoms. The van der Waals surface area contributed by atoms with Gasteiger partial charge in [-0.25, -0.2) is 0 Å². The molecule has 7 heteroatoms. The molecule has 0 spiro atoms. The van der Waals surface area contributed by atoms with E-state index < -0.39 is 0 Å². The van der Waals surface area contributed by atoms with Crippen molar-refractivity contribution in [2.75, 3.05) is 18.5 Å². The maximum absolute atomic E-state index is 12.1. The fourth-order valence-corrected chi connectivity index (χ4v) is 3.12. The quantitative estimate of drug-likeness (QED) is 0.857. The van der Waals surface area contributed by atoms with E-state index in [0.717, 1.165) is 3.79 Å². The summed E-state index contributed by atoms with van der Waals surface area (Å²) >= 11 is 10.9. The first-order valence-electron chi connectivity index (χ1n) is 5.78. The lowest BCUT2D eigenvalue weighted by molar-refractivity contribution is 0.102. The molecule has 3 rings (SSSR count). The first-order chi connectivity index (χ1) is 9.63. The summed E-state index contributed by atoms with van der Waals surface area (Å²) < 4.78 is 11.8. The molecule has 0 saturated heterocycles. The molecule has 1 N–H and O–H groups in total. The van der Waals surface area contributed by atoms with Crippen molar-refractivity contribution in [1.29, 1.82) is 0 Å². The Bertz CT molecular complexity index is 674. The van der Waals surface area contributed by atoms with Gasteiger partial charge in [0, 0.05) is 17.5 Å². The van der Waals surface area contributed by atoms with Gasteiger partial charge >= 0.3 is 0 Å². The summed E-state index contributed by atoms with van der Waals surface area (Å²) in [4.78, 5) is 12.1. The summed E-state index contributed by atoms with van der Waals surface area (Å²) in [6, 6.07) is 5.08. The Morgan fingerprint density at radius 3 is 2.60 bits per heavy atom. The second kappa shape index (κ2) is 5.63. The molecule has 2 heterocycles. The summed E-state index contributed by atoms with van der Waals surface area (Å²) in [5, 5.41) is 4.95. The number of fused-ring (bicyclic) bond motifs is 1. The average Bonchev–Trinajstić information content (AvgIpc) is 2.86. The number of ether oxygens (including phenoxy) is 2. The summed E-state index contributed by atoms with van der Waals surface area (Å²) in [6.07, 6.45) is 0. The van der Waals surface area contributed by atoms with Crippen LogP contribution >= 0.6 is 38.9 Å². The molecule has 1 aliphatic rings. The minimum Gasteiger partial charge on any atom is -0.486 e. The molecule has 1 aromatic carbocycles. The summed E-state index contributed by atoms with van der Waals surface area (Å²) in [6.45, 7) is 0.984. The normalized spacial score (nSPS) is 13.1. The van der Waals surface area contributed by atoms with Crippen LogP contribution in [-0.4, -0.2) is 19.1 Å². The Labute approximate surface area is 132 Å². The highest BCUT2D eigenvalue weighted by Gasteiger charge is 2.17. The van der Waals surface area contributed by atoms with Gasteiger partial charge in [-0.3, -0.25) is 4.79 Å². The van der Waals surface area contributed by atoms with Gasteiger partial charge in [0.2, 0.25) is 0 Å². The molecule has 1 aliphatic heterocycles. The molecule has 0 aliphatic carbocycles. The van der Waals surface area contributed by atoms with Gasteiger partial charge in [0.15, 0.2) is 11.5 Å². The molecule has 0 saturated carbocycles. The standard InChI is InChI=1S/C13H9BrClNO3S/c14-12-3-7(6-20-12)13(17)16-9-5-11-10(4-8(9)15)18-1-2-19-11/h3-6H,1-2H2,(H,16,17). The van der Waals surface area contributed by atoms with Crippen LogP contribution in [0.15, 0.2) is 27.4 Å². The largest absolute Gasteiger partial charge is 0.486 e. The van der Waals surface area contributed by atoms with Gasteiger partial charge in [0.25, 0.3) is 5.91 Å². The number of carbonyl (C=O) groups is 1.